The molecule has 1 aliphatic rings. The molecule has 4 heteroatoms. The first kappa shape index (κ1) is 13.3. The maximum atomic E-state index is 13.5. The molecule has 1 aromatic carbocycles. The van der Waals surface area contributed by atoms with Gasteiger partial charge in [-0.3, -0.25) is 0 Å². The van der Waals surface area contributed by atoms with Crippen molar-refractivity contribution in [2.75, 3.05) is 26.8 Å². The highest BCUT2D eigenvalue weighted by Crippen LogP contribution is 2.39. The van der Waals surface area contributed by atoms with Gasteiger partial charge in [-0.15, -0.1) is 0 Å². The highest BCUT2D eigenvalue weighted by Gasteiger charge is 2.35. The van der Waals surface area contributed by atoms with Crippen LogP contribution < -0.4 is 10.1 Å². The second-order valence-corrected chi connectivity index (χ2v) is 4.89. The van der Waals surface area contributed by atoms with Crippen molar-refractivity contribution in [3.8, 4) is 5.75 Å². The van der Waals surface area contributed by atoms with Gasteiger partial charge in [0.15, 0.2) is 0 Å². The average Bonchev–Trinajstić information content (AvgIpc) is 2.65. The Balaban J connectivity index is 2.44. The van der Waals surface area contributed by atoms with Gasteiger partial charge in [0.05, 0.1) is 13.7 Å². The molecule has 0 aromatic heterocycles. The molecule has 0 spiro atoms. The average molecular weight is 253 g/mol. The standard InChI is InChI=1S/C14H20FNO2/c1-18-13-4-3-11(15)9-12(13)14(10-17)5-2-7-16-8-6-14/h3-4,9,16-17H,2,5-8,10H2,1H3. The van der Waals surface area contributed by atoms with E-state index in [1.165, 1.54) is 12.1 Å². The summed E-state index contributed by atoms with van der Waals surface area (Å²) in [6.45, 7) is 1.80. The number of aliphatic hydroxyl groups is 1. The summed E-state index contributed by atoms with van der Waals surface area (Å²) in [5.74, 6) is 0.378. The van der Waals surface area contributed by atoms with Crippen LogP contribution in [0, 0.1) is 5.82 Å². The van der Waals surface area contributed by atoms with Crippen molar-refractivity contribution in [3.05, 3.63) is 29.6 Å². The summed E-state index contributed by atoms with van der Waals surface area (Å²) in [5, 5.41) is 13.1. The molecule has 1 atom stereocenters. The number of benzene rings is 1. The van der Waals surface area contributed by atoms with E-state index in [1.54, 1.807) is 13.2 Å². The molecule has 1 heterocycles. The largest absolute Gasteiger partial charge is 0.496 e. The van der Waals surface area contributed by atoms with E-state index < -0.39 is 5.41 Å². The summed E-state index contributed by atoms with van der Waals surface area (Å²) >= 11 is 0. The zero-order valence-electron chi connectivity index (χ0n) is 10.7. The van der Waals surface area contributed by atoms with Gasteiger partial charge in [-0.2, -0.15) is 0 Å². The van der Waals surface area contributed by atoms with E-state index >= 15 is 0 Å². The number of ether oxygens (including phenoxy) is 1. The molecule has 0 aliphatic carbocycles. The van der Waals surface area contributed by atoms with Gasteiger partial charge < -0.3 is 15.2 Å². The normalized spacial score (nSPS) is 24.6. The maximum Gasteiger partial charge on any atom is 0.123 e. The molecule has 1 aliphatic heterocycles. The van der Waals surface area contributed by atoms with Crippen LogP contribution in [0.5, 0.6) is 5.75 Å². The first-order chi connectivity index (χ1) is 8.72. The molecule has 2 N–H and O–H groups in total. The Hall–Kier alpha value is -1.13. The smallest absolute Gasteiger partial charge is 0.123 e. The van der Waals surface area contributed by atoms with Crippen LogP contribution in [0.25, 0.3) is 0 Å². The third-order valence-corrected chi connectivity index (χ3v) is 3.82. The number of halogens is 1. The maximum absolute atomic E-state index is 13.5. The van der Waals surface area contributed by atoms with Crippen LogP contribution in [0.4, 0.5) is 4.39 Å². The van der Waals surface area contributed by atoms with Crippen molar-refractivity contribution in [2.24, 2.45) is 0 Å². The van der Waals surface area contributed by atoms with Gasteiger partial charge in [-0.1, -0.05) is 0 Å². The summed E-state index contributed by atoms with van der Waals surface area (Å²) in [6, 6.07) is 4.53. The third-order valence-electron chi connectivity index (χ3n) is 3.82. The molecule has 1 unspecified atom stereocenters. The fourth-order valence-electron chi connectivity index (χ4n) is 2.74. The quantitative estimate of drug-likeness (QED) is 0.863. The molecule has 0 amide bonds. The van der Waals surface area contributed by atoms with Gasteiger partial charge in [0.2, 0.25) is 0 Å². The SMILES string of the molecule is COc1ccc(F)cc1C1(CO)CCCNCC1. The number of hydrogen-bond donors (Lipinski definition) is 2. The third kappa shape index (κ3) is 2.49. The van der Waals surface area contributed by atoms with Crippen molar-refractivity contribution in [1.82, 2.24) is 5.32 Å². The van der Waals surface area contributed by atoms with Gasteiger partial charge in [0.1, 0.15) is 11.6 Å². The molecule has 2 rings (SSSR count). The monoisotopic (exact) mass is 253 g/mol. The van der Waals surface area contributed by atoms with E-state index in [4.69, 9.17) is 4.74 Å². The van der Waals surface area contributed by atoms with Crippen LogP contribution in [-0.4, -0.2) is 31.9 Å². The Morgan fingerprint density at radius 1 is 1.39 bits per heavy atom. The predicted octanol–water partition coefficient (Wildman–Crippen LogP) is 1.84. The highest BCUT2D eigenvalue weighted by atomic mass is 19.1. The Labute approximate surface area is 107 Å². The van der Waals surface area contributed by atoms with E-state index in [-0.39, 0.29) is 12.4 Å². The lowest BCUT2D eigenvalue weighted by Crippen LogP contribution is -2.32. The minimum Gasteiger partial charge on any atom is -0.496 e. The van der Waals surface area contributed by atoms with Crippen LogP contribution in [0.15, 0.2) is 18.2 Å². The molecular weight excluding hydrogens is 233 g/mol. The van der Waals surface area contributed by atoms with Crippen molar-refractivity contribution in [1.29, 1.82) is 0 Å². The van der Waals surface area contributed by atoms with Crippen LogP contribution in [0.3, 0.4) is 0 Å². The molecule has 1 saturated heterocycles. The van der Waals surface area contributed by atoms with Crippen molar-refractivity contribution < 1.29 is 14.2 Å². The number of methoxy groups -OCH3 is 1. The Bertz CT molecular complexity index is 401. The second kappa shape index (κ2) is 5.67. The van der Waals surface area contributed by atoms with Gasteiger partial charge >= 0.3 is 0 Å². The Kier molecular flexibility index (Phi) is 4.19. The highest BCUT2D eigenvalue weighted by molar-refractivity contribution is 5.40. The molecular formula is C14H20FNO2. The van der Waals surface area contributed by atoms with Crippen molar-refractivity contribution in [3.63, 3.8) is 0 Å². The zero-order valence-corrected chi connectivity index (χ0v) is 10.7. The number of rotatable bonds is 3. The topological polar surface area (TPSA) is 41.5 Å². The van der Waals surface area contributed by atoms with Gasteiger partial charge in [-0.25, -0.2) is 4.39 Å². The molecule has 3 nitrogen and oxygen atoms in total. The van der Waals surface area contributed by atoms with Gasteiger partial charge in [0.25, 0.3) is 0 Å². The summed E-state index contributed by atoms with van der Waals surface area (Å²) in [6.07, 6.45) is 2.61. The summed E-state index contributed by atoms with van der Waals surface area (Å²) < 4.78 is 18.8. The van der Waals surface area contributed by atoms with E-state index in [0.717, 1.165) is 37.9 Å². The Morgan fingerprint density at radius 2 is 2.22 bits per heavy atom. The first-order valence-electron chi connectivity index (χ1n) is 6.37. The molecule has 0 saturated carbocycles. The fourth-order valence-corrected chi connectivity index (χ4v) is 2.74. The van der Waals surface area contributed by atoms with Crippen LogP contribution in [0.2, 0.25) is 0 Å². The molecule has 18 heavy (non-hydrogen) atoms. The summed E-state index contributed by atoms with van der Waals surface area (Å²) in [4.78, 5) is 0. The zero-order chi connectivity index (χ0) is 13.0. The minimum absolute atomic E-state index is 0.0223. The lowest BCUT2D eigenvalue weighted by atomic mass is 9.74. The lowest BCUT2D eigenvalue weighted by Gasteiger charge is -2.32. The number of aliphatic hydroxyl groups excluding tert-OH is 1. The van der Waals surface area contributed by atoms with E-state index in [2.05, 4.69) is 5.32 Å². The van der Waals surface area contributed by atoms with Gasteiger partial charge in [-0.05, 0) is 50.6 Å². The van der Waals surface area contributed by atoms with Crippen LogP contribution in [-0.2, 0) is 5.41 Å². The fraction of sp³-hybridized carbons (Fsp3) is 0.571. The predicted molar refractivity (Wildman–Crippen MR) is 68.4 cm³/mol. The molecule has 100 valence electrons. The number of hydrogen-bond acceptors (Lipinski definition) is 3. The van der Waals surface area contributed by atoms with Crippen molar-refractivity contribution >= 4 is 0 Å². The summed E-state index contributed by atoms with van der Waals surface area (Å²) in [5.41, 5.74) is 0.396. The molecule has 0 bridgehead atoms. The molecule has 1 fully saturated rings. The second-order valence-electron chi connectivity index (χ2n) is 4.89. The first-order valence-corrected chi connectivity index (χ1v) is 6.37. The van der Waals surface area contributed by atoms with Crippen LogP contribution >= 0.6 is 0 Å². The lowest BCUT2D eigenvalue weighted by molar-refractivity contribution is 0.175. The number of nitrogens with one attached hydrogen (secondary N) is 1. The van der Waals surface area contributed by atoms with E-state index in [9.17, 15) is 9.50 Å². The summed E-state index contributed by atoms with van der Waals surface area (Å²) in [7, 11) is 1.58. The van der Waals surface area contributed by atoms with Crippen molar-refractivity contribution in [2.45, 2.75) is 24.7 Å². The minimum atomic E-state index is -0.392. The Morgan fingerprint density at radius 3 is 2.94 bits per heavy atom. The molecule has 1 aromatic rings. The van der Waals surface area contributed by atoms with Gasteiger partial charge in [0, 0.05) is 11.0 Å². The molecule has 0 radical (unpaired) electrons. The van der Waals surface area contributed by atoms with E-state index in [1.807, 2.05) is 0 Å². The van der Waals surface area contributed by atoms with Crippen LogP contribution in [0.1, 0.15) is 24.8 Å². The van der Waals surface area contributed by atoms with E-state index in [0.29, 0.717) is 5.75 Å².